The first kappa shape index (κ1) is 12.2. The van der Waals surface area contributed by atoms with E-state index in [9.17, 15) is 4.79 Å². The molecule has 15 heavy (non-hydrogen) atoms. The van der Waals surface area contributed by atoms with E-state index < -0.39 is 0 Å². The maximum atomic E-state index is 10.9. The van der Waals surface area contributed by atoms with Crippen LogP contribution in [0.2, 0.25) is 0 Å². The van der Waals surface area contributed by atoms with Gasteiger partial charge in [-0.3, -0.25) is 4.79 Å². The van der Waals surface area contributed by atoms with Gasteiger partial charge in [0.1, 0.15) is 0 Å². The molecule has 0 aliphatic carbocycles. The van der Waals surface area contributed by atoms with Crippen molar-refractivity contribution in [2.75, 3.05) is 5.32 Å². The third kappa shape index (κ3) is 2.78. The lowest BCUT2D eigenvalue weighted by atomic mass is 9.88. The van der Waals surface area contributed by atoms with Gasteiger partial charge < -0.3 is 5.32 Å². The van der Waals surface area contributed by atoms with Crippen LogP contribution >= 0.6 is 11.3 Å². The number of amides is 1. The molecular weight excluding hydrogens is 208 g/mol. The number of rotatable bonds is 3. The number of nitrogens with zero attached hydrogens (tertiary/aromatic N) is 1. The van der Waals surface area contributed by atoms with Crippen LogP contribution in [0.3, 0.4) is 0 Å². The molecule has 0 aliphatic heterocycles. The van der Waals surface area contributed by atoms with Crippen molar-refractivity contribution >= 4 is 22.4 Å². The number of hydrogen-bond donors (Lipinski definition) is 1. The minimum atomic E-state index is -0.0652. The number of thiazole rings is 1. The highest BCUT2D eigenvalue weighted by molar-refractivity contribution is 7.16. The molecule has 0 saturated heterocycles. The largest absolute Gasteiger partial charge is 0.302 e. The van der Waals surface area contributed by atoms with Crippen LogP contribution in [0.25, 0.3) is 0 Å². The van der Waals surface area contributed by atoms with E-state index in [-0.39, 0.29) is 11.3 Å². The Morgan fingerprint density at radius 1 is 1.53 bits per heavy atom. The first-order chi connectivity index (χ1) is 6.86. The van der Waals surface area contributed by atoms with Crippen molar-refractivity contribution < 1.29 is 4.79 Å². The average Bonchev–Trinajstić information content (AvgIpc) is 2.46. The Balaban J connectivity index is 3.01. The van der Waals surface area contributed by atoms with Crippen molar-refractivity contribution in [1.29, 1.82) is 0 Å². The second kappa shape index (κ2) is 4.31. The molecule has 1 amide bonds. The molecule has 0 bridgehead atoms. The molecule has 0 aliphatic rings. The standard InChI is InChI=1S/C11H18N2OS/c1-6-11(4,5)9-7(2)12-10(15-9)13-8(3)14/h6H2,1-5H3,(H,12,13,14). The number of carbonyl (C=O) groups excluding carboxylic acids is 1. The Bertz CT molecular complexity index is 369. The van der Waals surface area contributed by atoms with Gasteiger partial charge in [0.25, 0.3) is 0 Å². The predicted molar refractivity (Wildman–Crippen MR) is 64.5 cm³/mol. The Kier molecular flexibility index (Phi) is 3.50. The van der Waals surface area contributed by atoms with Crippen molar-refractivity contribution in [1.82, 2.24) is 4.98 Å². The second-order valence-corrected chi connectivity index (χ2v) is 5.35. The predicted octanol–water partition coefficient (Wildman–Crippen LogP) is 3.10. The van der Waals surface area contributed by atoms with Crippen molar-refractivity contribution in [3.63, 3.8) is 0 Å². The zero-order chi connectivity index (χ0) is 11.6. The Morgan fingerprint density at radius 2 is 2.13 bits per heavy atom. The molecule has 0 aromatic carbocycles. The first-order valence-electron chi connectivity index (χ1n) is 5.12. The molecule has 0 unspecified atom stereocenters. The average molecular weight is 226 g/mol. The molecule has 0 atom stereocenters. The van der Waals surface area contributed by atoms with E-state index in [1.807, 2.05) is 6.92 Å². The quantitative estimate of drug-likeness (QED) is 0.860. The van der Waals surface area contributed by atoms with Crippen LogP contribution in [-0.4, -0.2) is 10.9 Å². The van der Waals surface area contributed by atoms with Crippen LogP contribution in [-0.2, 0) is 10.2 Å². The number of hydrogen-bond acceptors (Lipinski definition) is 3. The van der Waals surface area contributed by atoms with E-state index in [0.717, 1.165) is 12.1 Å². The third-order valence-electron chi connectivity index (χ3n) is 2.58. The molecule has 0 saturated carbocycles. The fourth-order valence-electron chi connectivity index (χ4n) is 1.39. The van der Waals surface area contributed by atoms with E-state index in [1.54, 1.807) is 11.3 Å². The van der Waals surface area contributed by atoms with Gasteiger partial charge in [-0.1, -0.05) is 20.8 Å². The summed E-state index contributed by atoms with van der Waals surface area (Å²) in [5.41, 5.74) is 1.16. The zero-order valence-corrected chi connectivity index (χ0v) is 10.8. The zero-order valence-electron chi connectivity index (χ0n) is 9.97. The molecular formula is C11H18N2OS. The van der Waals surface area contributed by atoms with Crippen LogP contribution in [0, 0.1) is 6.92 Å². The summed E-state index contributed by atoms with van der Waals surface area (Å²) >= 11 is 1.58. The number of nitrogens with one attached hydrogen (secondary N) is 1. The van der Waals surface area contributed by atoms with E-state index >= 15 is 0 Å². The van der Waals surface area contributed by atoms with Crippen LogP contribution in [0.1, 0.15) is 44.7 Å². The summed E-state index contributed by atoms with van der Waals surface area (Å²) in [6.07, 6.45) is 1.07. The smallest absolute Gasteiger partial charge is 0.223 e. The number of anilines is 1. The Morgan fingerprint density at radius 3 is 2.60 bits per heavy atom. The summed E-state index contributed by atoms with van der Waals surface area (Å²) in [7, 11) is 0. The number of aryl methyl sites for hydroxylation is 1. The molecule has 0 spiro atoms. The highest BCUT2D eigenvalue weighted by Crippen LogP contribution is 2.35. The van der Waals surface area contributed by atoms with Gasteiger partial charge in [-0.2, -0.15) is 0 Å². The lowest BCUT2D eigenvalue weighted by Crippen LogP contribution is -2.14. The molecule has 0 fully saturated rings. The van der Waals surface area contributed by atoms with Crippen molar-refractivity contribution in [3.05, 3.63) is 10.6 Å². The van der Waals surface area contributed by atoms with E-state index in [1.165, 1.54) is 11.8 Å². The van der Waals surface area contributed by atoms with Gasteiger partial charge in [0.15, 0.2) is 5.13 Å². The Hall–Kier alpha value is -0.900. The van der Waals surface area contributed by atoms with Crippen molar-refractivity contribution in [2.45, 2.75) is 46.5 Å². The van der Waals surface area contributed by atoms with Gasteiger partial charge >= 0.3 is 0 Å². The van der Waals surface area contributed by atoms with E-state index in [2.05, 4.69) is 31.1 Å². The fraction of sp³-hybridized carbons (Fsp3) is 0.636. The highest BCUT2D eigenvalue weighted by Gasteiger charge is 2.24. The summed E-state index contributed by atoms with van der Waals surface area (Å²) < 4.78 is 0. The van der Waals surface area contributed by atoms with Crippen molar-refractivity contribution in [2.24, 2.45) is 0 Å². The molecule has 1 rings (SSSR count). The SMILES string of the molecule is CCC(C)(C)c1sc(NC(C)=O)nc1C. The van der Waals surface area contributed by atoms with Gasteiger partial charge in [-0.25, -0.2) is 4.98 Å². The maximum absolute atomic E-state index is 10.9. The fourth-order valence-corrected chi connectivity index (χ4v) is 2.57. The van der Waals surface area contributed by atoms with Crippen LogP contribution in [0.4, 0.5) is 5.13 Å². The molecule has 1 N–H and O–H groups in total. The highest BCUT2D eigenvalue weighted by atomic mass is 32.1. The van der Waals surface area contributed by atoms with Crippen LogP contribution in [0.5, 0.6) is 0 Å². The van der Waals surface area contributed by atoms with Crippen LogP contribution < -0.4 is 5.32 Å². The molecule has 1 aromatic rings. The van der Waals surface area contributed by atoms with Gasteiger partial charge in [-0.05, 0) is 13.3 Å². The van der Waals surface area contributed by atoms with E-state index in [4.69, 9.17) is 0 Å². The third-order valence-corrected chi connectivity index (χ3v) is 4.02. The second-order valence-electron chi connectivity index (χ2n) is 4.35. The molecule has 84 valence electrons. The minimum Gasteiger partial charge on any atom is -0.302 e. The molecule has 0 radical (unpaired) electrons. The lowest BCUT2D eigenvalue weighted by molar-refractivity contribution is -0.114. The monoisotopic (exact) mass is 226 g/mol. The summed E-state index contributed by atoms with van der Waals surface area (Å²) in [6, 6.07) is 0. The van der Waals surface area contributed by atoms with Gasteiger partial charge in [-0.15, -0.1) is 11.3 Å². The Labute approximate surface area is 94.9 Å². The normalized spacial score (nSPS) is 11.5. The lowest BCUT2D eigenvalue weighted by Gasteiger charge is -2.21. The molecule has 1 aromatic heterocycles. The maximum Gasteiger partial charge on any atom is 0.223 e. The van der Waals surface area contributed by atoms with Gasteiger partial charge in [0, 0.05) is 17.2 Å². The van der Waals surface area contributed by atoms with Crippen molar-refractivity contribution in [3.8, 4) is 0 Å². The summed E-state index contributed by atoms with van der Waals surface area (Å²) in [6.45, 7) is 10.1. The molecule has 4 heteroatoms. The van der Waals surface area contributed by atoms with Crippen LogP contribution in [0.15, 0.2) is 0 Å². The van der Waals surface area contributed by atoms with E-state index in [0.29, 0.717) is 5.13 Å². The number of carbonyl (C=O) groups is 1. The topological polar surface area (TPSA) is 42.0 Å². The van der Waals surface area contributed by atoms with Gasteiger partial charge in [0.05, 0.1) is 5.69 Å². The summed E-state index contributed by atoms with van der Waals surface area (Å²) in [5, 5.41) is 3.44. The summed E-state index contributed by atoms with van der Waals surface area (Å²) in [5.74, 6) is -0.0652. The minimum absolute atomic E-state index is 0.0652. The molecule has 1 heterocycles. The first-order valence-corrected chi connectivity index (χ1v) is 5.94. The summed E-state index contributed by atoms with van der Waals surface area (Å²) in [4.78, 5) is 16.5. The van der Waals surface area contributed by atoms with Gasteiger partial charge in [0.2, 0.25) is 5.91 Å². The molecule has 3 nitrogen and oxygen atoms in total. The number of aromatic nitrogens is 1.